The predicted molar refractivity (Wildman–Crippen MR) is 109 cm³/mol. The summed E-state index contributed by atoms with van der Waals surface area (Å²) in [6.07, 6.45) is 2.32. The number of rotatable bonds is 7. The smallest absolute Gasteiger partial charge is 0.264 e. The van der Waals surface area contributed by atoms with Gasteiger partial charge in [-0.05, 0) is 62.1 Å². The maximum absolute atomic E-state index is 13.0. The second-order valence-electron chi connectivity index (χ2n) is 7.16. The van der Waals surface area contributed by atoms with Crippen LogP contribution in [0.15, 0.2) is 53.4 Å². The van der Waals surface area contributed by atoms with Gasteiger partial charge in [-0.2, -0.15) is 0 Å². The van der Waals surface area contributed by atoms with Crippen LogP contribution in [0, 0.1) is 5.92 Å². The fourth-order valence-electron chi connectivity index (χ4n) is 3.23. The molecule has 1 aliphatic carbocycles. The van der Waals surface area contributed by atoms with Crippen LogP contribution in [0.25, 0.3) is 0 Å². The Morgan fingerprint density at radius 2 is 1.68 bits per heavy atom. The predicted octanol–water partition coefficient (Wildman–Crippen LogP) is 3.39. The van der Waals surface area contributed by atoms with Crippen LogP contribution in [0.2, 0.25) is 0 Å². The average Bonchev–Trinajstić information content (AvgIpc) is 3.57. The van der Waals surface area contributed by atoms with E-state index in [1.807, 2.05) is 0 Å². The number of hydrogen-bond acceptors (Lipinski definition) is 4. The van der Waals surface area contributed by atoms with Gasteiger partial charge in [0, 0.05) is 25.7 Å². The van der Waals surface area contributed by atoms with Gasteiger partial charge in [0.25, 0.3) is 15.9 Å². The summed E-state index contributed by atoms with van der Waals surface area (Å²) in [6, 6.07) is 13.2. The van der Waals surface area contributed by atoms with E-state index in [0.29, 0.717) is 22.9 Å². The number of nitrogens with zero attached hydrogens (tertiary/aromatic N) is 2. The Labute approximate surface area is 166 Å². The summed E-state index contributed by atoms with van der Waals surface area (Å²) in [7, 11) is 1.00. The molecule has 0 N–H and O–H groups in total. The zero-order chi connectivity index (χ0) is 20.5. The molecule has 0 aromatic heterocycles. The van der Waals surface area contributed by atoms with Crippen molar-refractivity contribution >= 4 is 21.6 Å². The number of anilines is 1. The second kappa shape index (κ2) is 7.83. The highest BCUT2D eigenvalue weighted by atomic mass is 32.2. The maximum Gasteiger partial charge on any atom is 0.264 e. The molecule has 2 aromatic rings. The highest BCUT2D eigenvalue weighted by molar-refractivity contribution is 7.92. The van der Waals surface area contributed by atoms with Gasteiger partial charge in [-0.15, -0.1) is 0 Å². The van der Waals surface area contributed by atoms with Crippen LogP contribution < -0.4 is 9.04 Å². The van der Waals surface area contributed by atoms with Crippen molar-refractivity contribution in [2.45, 2.75) is 30.7 Å². The molecule has 1 saturated carbocycles. The number of para-hydroxylation sites is 2. The van der Waals surface area contributed by atoms with Crippen molar-refractivity contribution < 1.29 is 17.9 Å². The van der Waals surface area contributed by atoms with Gasteiger partial charge in [0.15, 0.2) is 0 Å². The minimum atomic E-state index is -3.78. The SMILES string of the molecule is COc1ccccc1N(C)S(=O)(=O)c1ccc(C(=O)N(C)C(C)C2CC2)cc1. The Bertz CT molecular complexity index is 953. The quantitative estimate of drug-likeness (QED) is 0.712. The first-order valence-corrected chi connectivity index (χ1v) is 10.7. The van der Waals surface area contributed by atoms with E-state index in [4.69, 9.17) is 4.74 Å². The average molecular weight is 403 g/mol. The largest absolute Gasteiger partial charge is 0.495 e. The van der Waals surface area contributed by atoms with Crippen LogP contribution in [0.5, 0.6) is 5.75 Å². The summed E-state index contributed by atoms with van der Waals surface area (Å²) in [5.74, 6) is 0.945. The third-order valence-corrected chi connectivity index (χ3v) is 7.21. The minimum Gasteiger partial charge on any atom is -0.495 e. The lowest BCUT2D eigenvalue weighted by Crippen LogP contribution is -2.36. The molecule has 0 heterocycles. The maximum atomic E-state index is 13.0. The van der Waals surface area contributed by atoms with E-state index in [0.717, 1.165) is 12.8 Å². The fourth-order valence-corrected chi connectivity index (χ4v) is 4.44. The van der Waals surface area contributed by atoms with Crippen molar-refractivity contribution in [2.75, 3.05) is 25.5 Å². The van der Waals surface area contributed by atoms with Crippen molar-refractivity contribution in [3.63, 3.8) is 0 Å². The molecule has 1 atom stereocenters. The highest BCUT2D eigenvalue weighted by Gasteiger charge is 2.33. The molecule has 0 bridgehead atoms. The molecule has 0 radical (unpaired) electrons. The van der Waals surface area contributed by atoms with Gasteiger partial charge >= 0.3 is 0 Å². The number of benzene rings is 2. The molecule has 2 aromatic carbocycles. The third-order valence-electron chi connectivity index (χ3n) is 5.42. The summed E-state index contributed by atoms with van der Waals surface area (Å²) in [6.45, 7) is 2.05. The van der Waals surface area contributed by atoms with E-state index in [9.17, 15) is 13.2 Å². The third kappa shape index (κ3) is 3.85. The van der Waals surface area contributed by atoms with Gasteiger partial charge in [0.05, 0.1) is 17.7 Å². The van der Waals surface area contributed by atoms with Gasteiger partial charge in [0.2, 0.25) is 0 Å². The molecule has 1 fully saturated rings. The first kappa shape index (κ1) is 20.2. The van der Waals surface area contributed by atoms with Gasteiger partial charge in [-0.1, -0.05) is 12.1 Å². The first-order valence-electron chi connectivity index (χ1n) is 9.26. The monoisotopic (exact) mass is 402 g/mol. The van der Waals surface area contributed by atoms with Crippen LogP contribution in [0.3, 0.4) is 0 Å². The number of sulfonamides is 1. The Morgan fingerprint density at radius 3 is 2.25 bits per heavy atom. The van der Waals surface area contributed by atoms with E-state index >= 15 is 0 Å². The molecule has 6 nitrogen and oxygen atoms in total. The van der Waals surface area contributed by atoms with Crippen LogP contribution in [-0.2, 0) is 10.0 Å². The number of amides is 1. The molecule has 1 unspecified atom stereocenters. The van der Waals surface area contributed by atoms with Crippen molar-refractivity contribution in [1.82, 2.24) is 4.90 Å². The van der Waals surface area contributed by atoms with E-state index in [1.54, 1.807) is 48.3 Å². The molecule has 28 heavy (non-hydrogen) atoms. The molecule has 0 saturated heterocycles. The fraction of sp³-hybridized carbons (Fsp3) is 0.381. The minimum absolute atomic E-state index is 0.0959. The molecular formula is C21H26N2O4S. The zero-order valence-electron chi connectivity index (χ0n) is 16.6. The number of methoxy groups -OCH3 is 1. The van der Waals surface area contributed by atoms with E-state index in [1.165, 1.54) is 30.6 Å². The molecule has 1 aliphatic rings. The lowest BCUT2D eigenvalue weighted by atomic mass is 10.1. The van der Waals surface area contributed by atoms with E-state index < -0.39 is 10.0 Å². The summed E-state index contributed by atoms with van der Waals surface area (Å²) in [5.41, 5.74) is 0.928. The molecule has 150 valence electrons. The Kier molecular flexibility index (Phi) is 5.65. The summed E-state index contributed by atoms with van der Waals surface area (Å²) in [4.78, 5) is 14.5. The number of hydrogen-bond donors (Lipinski definition) is 0. The molecule has 0 spiro atoms. The Hall–Kier alpha value is -2.54. The van der Waals surface area contributed by atoms with Crippen molar-refractivity contribution in [1.29, 1.82) is 0 Å². The van der Waals surface area contributed by atoms with Gasteiger partial charge in [0.1, 0.15) is 5.75 Å². The van der Waals surface area contributed by atoms with Crippen LogP contribution >= 0.6 is 0 Å². The van der Waals surface area contributed by atoms with Gasteiger partial charge in [-0.3, -0.25) is 9.10 Å². The summed E-state index contributed by atoms with van der Waals surface area (Å²) >= 11 is 0. The number of ether oxygens (including phenoxy) is 1. The topological polar surface area (TPSA) is 66.9 Å². The van der Waals surface area contributed by atoms with Crippen molar-refractivity contribution in [3.8, 4) is 5.75 Å². The molecule has 1 amide bonds. The summed E-state index contributed by atoms with van der Waals surface area (Å²) in [5, 5.41) is 0. The van der Waals surface area contributed by atoms with E-state index in [-0.39, 0.29) is 16.8 Å². The normalized spacial score (nSPS) is 15.0. The van der Waals surface area contributed by atoms with E-state index in [2.05, 4.69) is 6.92 Å². The van der Waals surface area contributed by atoms with Gasteiger partial charge < -0.3 is 9.64 Å². The Balaban J connectivity index is 1.82. The molecular weight excluding hydrogens is 376 g/mol. The zero-order valence-corrected chi connectivity index (χ0v) is 17.4. The van der Waals surface area contributed by atoms with Crippen LogP contribution in [0.4, 0.5) is 5.69 Å². The molecule has 3 rings (SSSR count). The second-order valence-corrected chi connectivity index (χ2v) is 9.13. The molecule has 7 heteroatoms. The number of carbonyl (C=O) groups excluding carboxylic acids is 1. The van der Waals surface area contributed by atoms with Crippen LogP contribution in [0.1, 0.15) is 30.1 Å². The standard InChI is InChI=1S/C21H26N2O4S/c1-15(16-9-10-16)22(2)21(24)17-11-13-18(14-12-17)28(25,26)23(3)19-7-5-6-8-20(19)27-4/h5-8,11-16H,9-10H2,1-4H3. The Morgan fingerprint density at radius 1 is 1.07 bits per heavy atom. The van der Waals surface area contributed by atoms with Gasteiger partial charge in [-0.25, -0.2) is 8.42 Å². The van der Waals surface area contributed by atoms with Crippen LogP contribution in [-0.4, -0.2) is 46.5 Å². The number of carbonyl (C=O) groups is 1. The lowest BCUT2D eigenvalue weighted by molar-refractivity contribution is 0.0727. The van der Waals surface area contributed by atoms with Crippen molar-refractivity contribution in [3.05, 3.63) is 54.1 Å². The summed E-state index contributed by atoms with van der Waals surface area (Å²) < 4.78 is 32.4. The molecule has 0 aliphatic heterocycles. The first-order chi connectivity index (χ1) is 13.3. The van der Waals surface area contributed by atoms with Crippen molar-refractivity contribution in [2.24, 2.45) is 5.92 Å². The lowest BCUT2D eigenvalue weighted by Gasteiger charge is -2.25. The highest BCUT2D eigenvalue weighted by Crippen LogP contribution is 2.35.